The van der Waals surface area contributed by atoms with E-state index >= 15 is 0 Å². The highest BCUT2D eigenvalue weighted by molar-refractivity contribution is 7.91. The monoisotopic (exact) mass is 438 g/mol. The van der Waals surface area contributed by atoms with Crippen LogP contribution in [-0.2, 0) is 16.4 Å². The van der Waals surface area contributed by atoms with Gasteiger partial charge in [-0.1, -0.05) is 17.7 Å². The zero-order valence-corrected chi connectivity index (χ0v) is 16.9. The number of amides is 1. The number of hydrogen-bond acceptors (Lipinski definition) is 5. The summed E-state index contributed by atoms with van der Waals surface area (Å²) in [5.74, 6) is -0.678. The second-order valence-electron chi connectivity index (χ2n) is 6.30. The molecule has 11 heteroatoms. The molecular formula is C18H16ClFN4O4S. The smallest absolute Gasteiger partial charge is 0.407 e. The van der Waals surface area contributed by atoms with Crippen LogP contribution in [0.3, 0.4) is 0 Å². The molecule has 1 amide bonds. The van der Waals surface area contributed by atoms with Gasteiger partial charge in [0.2, 0.25) is 9.84 Å². The maximum absolute atomic E-state index is 14.5. The molecule has 0 aliphatic carbocycles. The fourth-order valence-corrected chi connectivity index (χ4v) is 4.04. The topological polar surface area (TPSA) is 105 Å². The molecule has 0 radical (unpaired) electrons. The van der Waals surface area contributed by atoms with Gasteiger partial charge >= 0.3 is 6.09 Å². The van der Waals surface area contributed by atoms with E-state index in [0.29, 0.717) is 5.56 Å². The van der Waals surface area contributed by atoms with Gasteiger partial charge in [-0.15, -0.1) is 0 Å². The zero-order chi connectivity index (χ0) is 21.3. The average molecular weight is 439 g/mol. The Labute approximate surface area is 171 Å². The molecular weight excluding hydrogens is 423 g/mol. The minimum absolute atomic E-state index is 0.0743. The first-order valence-corrected chi connectivity index (χ1v) is 10.1. The number of carbonyl (C=O) groups is 1. The molecule has 0 unspecified atom stereocenters. The molecule has 0 fully saturated rings. The summed E-state index contributed by atoms with van der Waals surface area (Å²) in [4.78, 5) is 15.7. The van der Waals surface area contributed by atoms with E-state index in [2.05, 4.69) is 10.1 Å². The molecule has 0 saturated heterocycles. The Hall–Kier alpha value is -2.98. The minimum Gasteiger partial charge on any atom is -0.465 e. The number of rotatable bonds is 5. The number of carboxylic acid groups (broad SMARTS) is 1. The Morgan fingerprint density at radius 1 is 1.28 bits per heavy atom. The molecule has 152 valence electrons. The number of nitrogens with zero attached hydrogens (tertiary/aromatic N) is 4. The van der Waals surface area contributed by atoms with Crippen LogP contribution < -0.4 is 0 Å². The van der Waals surface area contributed by atoms with Gasteiger partial charge in [0.15, 0.2) is 5.03 Å². The van der Waals surface area contributed by atoms with E-state index in [1.54, 1.807) is 13.0 Å². The number of aromatic nitrogens is 3. The average Bonchev–Trinajstić information content (AvgIpc) is 3.08. The maximum Gasteiger partial charge on any atom is 0.407 e. The summed E-state index contributed by atoms with van der Waals surface area (Å²) in [6, 6.07) is 8.00. The van der Waals surface area contributed by atoms with Gasteiger partial charge < -0.3 is 10.0 Å². The lowest BCUT2D eigenvalue weighted by atomic mass is 10.2. The molecule has 1 N–H and O–H groups in total. The van der Waals surface area contributed by atoms with E-state index in [9.17, 15) is 17.6 Å². The molecule has 0 saturated carbocycles. The van der Waals surface area contributed by atoms with Gasteiger partial charge in [0, 0.05) is 19.3 Å². The first-order valence-electron chi connectivity index (χ1n) is 8.26. The summed E-state index contributed by atoms with van der Waals surface area (Å²) < 4.78 is 41.8. The van der Waals surface area contributed by atoms with Crippen LogP contribution in [0.1, 0.15) is 11.3 Å². The van der Waals surface area contributed by atoms with E-state index in [1.807, 2.05) is 0 Å². The summed E-state index contributed by atoms with van der Waals surface area (Å²) in [6.07, 6.45) is -0.127. The maximum atomic E-state index is 14.5. The molecule has 0 spiro atoms. The number of hydrogen-bond donors (Lipinski definition) is 1. The second-order valence-corrected chi connectivity index (χ2v) is 8.58. The largest absolute Gasteiger partial charge is 0.465 e. The molecule has 1 aromatic carbocycles. The minimum atomic E-state index is -4.15. The fraction of sp³-hybridized carbons (Fsp3) is 0.167. The Balaban J connectivity index is 2.21. The van der Waals surface area contributed by atoms with Crippen molar-refractivity contribution in [3.63, 3.8) is 0 Å². The molecule has 2 aromatic heterocycles. The van der Waals surface area contributed by atoms with E-state index < -0.39 is 21.7 Å². The fourth-order valence-electron chi connectivity index (χ4n) is 2.59. The number of aryl methyl sites for hydroxylation is 1. The van der Waals surface area contributed by atoms with Crippen molar-refractivity contribution in [2.75, 3.05) is 7.05 Å². The van der Waals surface area contributed by atoms with Gasteiger partial charge in [-0.2, -0.15) is 5.10 Å². The predicted octanol–water partition coefficient (Wildman–Crippen LogP) is 3.31. The second kappa shape index (κ2) is 7.80. The Kier molecular flexibility index (Phi) is 5.58. The van der Waals surface area contributed by atoms with Crippen molar-refractivity contribution in [1.82, 2.24) is 19.7 Å². The Bertz CT molecular complexity index is 1180. The van der Waals surface area contributed by atoms with Gasteiger partial charge in [0.25, 0.3) is 0 Å². The summed E-state index contributed by atoms with van der Waals surface area (Å²) in [6.45, 7) is 1.54. The summed E-state index contributed by atoms with van der Waals surface area (Å²) in [5.41, 5.74) is 0.753. The number of pyridine rings is 1. The highest BCUT2D eigenvalue weighted by Gasteiger charge is 2.27. The van der Waals surface area contributed by atoms with Crippen molar-refractivity contribution in [2.45, 2.75) is 23.4 Å². The van der Waals surface area contributed by atoms with Crippen LogP contribution in [-0.4, -0.2) is 46.3 Å². The predicted molar refractivity (Wildman–Crippen MR) is 102 cm³/mol. The van der Waals surface area contributed by atoms with Crippen molar-refractivity contribution in [2.24, 2.45) is 0 Å². The lowest BCUT2D eigenvalue weighted by molar-refractivity contribution is 0.153. The molecule has 2 heterocycles. The van der Waals surface area contributed by atoms with E-state index in [-0.39, 0.29) is 33.0 Å². The molecule has 3 rings (SSSR count). The molecule has 0 aliphatic rings. The van der Waals surface area contributed by atoms with Crippen molar-refractivity contribution in [3.05, 3.63) is 64.8 Å². The number of benzene rings is 1. The quantitative estimate of drug-likeness (QED) is 0.612. The Morgan fingerprint density at radius 2 is 2.00 bits per heavy atom. The van der Waals surface area contributed by atoms with E-state index in [4.69, 9.17) is 16.7 Å². The van der Waals surface area contributed by atoms with Crippen molar-refractivity contribution in [1.29, 1.82) is 0 Å². The first kappa shape index (κ1) is 20.7. The SMILES string of the molecule is Cc1ccc(F)c(-n2nc(CN(C)C(=O)O)cc2S(=O)(=O)c2ccc(Cl)nc2)c1. The molecule has 8 nitrogen and oxygen atoms in total. The summed E-state index contributed by atoms with van der Waals surface area (Å²) in [7, 11) is -2.84. The summed E-state index contributed by atoms with van der Waals surface area (Å²) >= 11 is 5.73. The molecule has 3 aromatic rings. The summed E-state index contributed by atoms with van der Waals surface area (Å²) in [5, 5.41) is 13.0. The molecule has 0 aliphatic heterocycles. The van der Waals surface area contributed by atoms with Crippen LogP contribution in [0.5, 0.6) is 0 Å². The molecule has 0 atom stereocenters. The van der Waals surface area contributed by atoms with Crippen LogP contribution in [0, 0.1) is 12.7 Å². The van der Waals surface area contributed by atoms with Gasteiger partial charge in [-0.3, -0.25) is 0 Å². The highest BCUT2D eigenvalue weighted by atomic mass is 35.5. The normalized spacial score (nSPS) is 11.4. The van der Waals surface area contributed by atoms with Crippen molar-refractivity contribution < 1.29 is 22.7 Å². The van der Waals surface area contributed by atoms with Crippen molar-refractivity contribution >= 4 is 27.5 Å². The van der Waals surface area contributed by atoms with Crippen LogP contribution in [0.25, 0.3) is 5.69 Å². The van der Waals surface area contributed by atoms with E-state index in [0.717, 1.165) is 15.8 Å². The van der Waals surface area contributed by atoms with Crippen LogP contribution in [0.2, 0.25) is 5.15 Å². The third-order valence-corrected chi connectivity index (χ3v) is 6.00. The van der Waals surface area contributed by atoms with Crippen molar-refractivity contribution in [3.8, 4) is 5.69 Å². The number of halogens is 2. The van der Waals surface area contributed by atoms with Gasteiger partial charge in [0.05, 0.1) is 17.1 Å². The van der Waals surface area contributed by atoms with Gasteiger partial charge in [-0.25, -0.2) is 27.3 Å². The molecule has 29 heavy (non-hydrogen) atoms. The first-order chi connectivity index (χ1) is 13.6. The Morgan fingerprint density at radius 3 is 2.62 bits per heavy atom. The van der Waals surface area contributed by atoms with Crippen LogP contribution in [0.15, 0.2) is 52.5 Å². The lowest BCUT2D eigenvalue weighted by Crippen LogP contribution is -2.24. The third-order valence-electron chi connectivity index (χ3n) is 4.07. The van der Waals surface area contributed by atoms with Crippen LogP contribution in [0.4, 0.5) is 9.18 Å². The standard InChI is InChI=1S/C18H16ClFN4O4S/c1-11-3-5-14(20)15(7-11)24-17(8-12(22-24)10-23(2)18(25)26)29(27,28)13-4-6-16(19)21-9-13/h3-9H,10H2,1-2H3,(H,25,26). The third kappa shape index (κ3) is 4.22. The van der Waals surface area contributed by atoms with Crippen LogP contribution >= 0.6 is 11.6 Å². The highest BCUT2D eigenvalue weighted by Crippen LogP contribution is 2.27. The number of sulfone groups is 1. The van der Waals surface area contributed by atoms with E-state index in [1.165, 1.54) is 37.4 Å². The van der Waals surface area contributed by atoms with Gasteiger partial charge in [-0.05, 0) is 36.8 Å². The lowest BCUT2D eigenvalue weighted by Gasteiger charge is -2.11. The zero-order valence-electron chi connectivity index (χ0n) is 15.4. The van der Waals surface area contributed by atoms with Gasteiger partial charge in [0.1, 0.15) is 16.7 Å². The molecule has 0 bridgehead atoms.